The van der Waals surface area contributed by atoms with Crippen LogP contribution in [0.5, 0.6) is 0 Å². The van der Waals surface area contributed by atoms with Crippen molar-refractivity contribution in [1.29, 1.82) is 0 Å². The van der Waals surface area contributed by atoms with E-state index in [1.54, 1.807) is 0 Å². The molecule has 5 nitrogen and oxygen atoms in total. The number of nitrogens with one attached hydrogen (secondary N) is 2. The van der Waals surface area contributed by atoms with Gasteiger partial charge in [-0.25, -0.2) is 0 Å². The van der Waals surface area contributed by atoms with Crippen molar-refractivity contribution >= 4 is 22.7 Å². The molecule has 2 amide bonds. The molecule has 2 fully saturated rings. The first-order valence-corrected chi connectivity index (χ1v) is 9.34. The first-order chi connectivity index (χ1) is 12.2. The summed E-state index contributed by atoms with van der Waals surface area (Å²) < 4.78 is 0. The minimum atomic E-state index is 0.0634. The molecule has 4 rings (SSSR count). The van der Waals surface area contributed by atoms with Crippen molar-refractivity contribution in [3.63, 3.8) is 0 Å². The van der Waals surface area contributed by atoms with E-state index in [0.717, 1.165) is 55.2 Å². The van der Waals surface area contributed by atoms with Crippen molar-refractivity contribution in [1.82, 2.24) is 15.2 Å². The van der Waals surface area contributed by atoms with Crippen LogP contribution in [0.25, 0.3) is 10.9 Å². The highest BCUT2D eigenvalue weighted by atomic mass is 16.2. The number of benzene rings is 1. The first-order valence-electron chi connectivity index (χ1n) is 9.34. The quantitative estimate of drug-likeness (QED) is 0.899. The highest BCUT2D eigenvalue weighted by Crippen LogP contribution is 2.29. The van der Waals surface area contributed by atoms with Crippen LogP contribution in [0, 0.1) is 5.92 Å². The molecule has 0 bridgehead atoms. The van der Waals surface area contributed by atoms with Crippen LogP contribution in [0.15, 0.2) is 30.5 Å². The predicted octanol–water partition coefficient (Wildman–Crippen LogP) is 2.62. The zero-order valence-corrected chi connectivity index (χ0v) is 14.5. The van der Waals surface area contributed by atoms with Crippen molar-refractivity contribution in [2.45, 2.75) is 44.6 Å². The fourth-order valence-corrected chi connectivity index (χ4v) is 3.89. The van der Waals surface area contributed by atoms with E-state index in [2.05, 4.69) is 10.3 Å². The molecule has 25 heavy (non-hydrogen) atoms. The van der Waals surface area contributed by atoms with Gasteiger partial charge in [0.05, 0.1) is 6.42 Å². The van der Waals surface area contributed by atoms with E-state index in [1.165, 1.54) is 6.42 Å². The molecule has 2 aliphatic rings. The number of hydrogen-bond donors (Lipinski definition) is 2. The smallest absolute Gasteiger partial charge is 0.225 e. The number of carbonyl (C=O) groups is 2. The summed E-state index contributed by atoms with van der Waals surface area (Å²) in [4.78, 5) is 29.9. The van der Waals surface area contributed by atoms with Gasteiger partial charge in [0.2, 0.25) is 11.8 Å². The Labute approximate surface area is 147 Å². The molecule has 1 aliphatic heterocycles. The van der Waals surface area contributed by atoms with Crippen LogP contribution in [-0.2, 0) is 16.0 Å². The molecule has 1 aromatic heterocycles. The molecule has 0 atom stereocenters. The number of aromatic nitrogens is 1. The molecule has 0 spiro atoms. The maximum atomic E-state index is 12.4. The lowest BCUT2D eigenvalue weighted by Gasteiger charge is -2.36. The number of rotatable bonds is 4. The van der Waals surface area contributed by atoms with Gasteiger partial charge in [-0.1, -0.05) is 24.6 Å². The fraction of sp³-hybridized carbons (Fsp3) is 0.500. The van der Waals surface area contributed by atoms with Crippen LogP contribution in [0.2, 0.25) is 0 Å². The van der Waals surface area contributed by atoms with E-state index >= 15 is 0 Å². The molecular weight excluding hydrogens is 314 g/mol. The molecule has 2 N–H and O–H groups in total. The monoisotopic (exact) mass is 339 g/mol. The van der Waals surface area contributed by atoms with Crippen molar-refractivity contribution < 1.29 is 9.59 Å². The van der Waals surface area contributed by atoms with E-state index < -0.39 is 0 Å². The van der Waals surface area contributed by atoms with Gasteiger partial charge in [0, 0.05) is 42.1 Å². The summed E-state index contributed by atoms with van der Waals surface area (Å²) in [7, 11) is 0. The summed E-state index contributed by atoms with van der Waals surface area (Å²) >= 11 is 0. The zero-order valence-electron chi connectivity index (χ0n) is 14.5. The Bertz CT molecular complexity index is 770. The van der Waals surface area contributed by atoms with Crippen LogP contribution in [0.1, 0.15) is 37.7 Å². The molecule has 2 heterocycles. The molecule has 1 saturated heterocycles. The Morgan fingerprint density at radius 1 is 1.12 bits per heavy atom. The van der Waals surface area contributed by atoms with Crippen LogP contribution in [0.4, 0.5) is 0 Å². The Balaban J connectivity index is 1.28. The van der Waals surface area contributed by atoms with Gasteiger partial charge in [-0.2, -0.15) is 0 Å². The number of aromatic amines is 1. The predicted molar refractivity (Wildman–Crippen MR) is 97.1 cm³/mol. The summed E-state index contributed by atoms with van der Waals surface area (Å²) in [6, 6.07) is 8.22. The molecule has 1 saturated carbocycles. The largest absolute Gasteiger partial charge is 0.361 e. The minimum absolute atomic E-state index is 0.0634. The summed E-state index contributed by atoms with van der Waals surface area (Å²) in [6.45, 7) is 1.54. The Hall–Kier alpha value is -2.30. The minimum Gasteiger partial charge on any atom is -0.361 e. The SMILES string of the molecule is O=C(Cc1c[nH]c2ccccc12)NC1CCN(C(=O)C2CCC2)CC1. The normalized spacial score (nSPS) is 19.0. The molecule has 1 aromatic carbocycles. The van der Waals surface area contributed by atoms with Gasteiger partial charge in [-0.3, -0.25) is 9.59 Å². The molecule has 1 aliphatic carbocycles. The Kier molecular flexibility index (Phi) is 4.47. The number of nitrogens with zero attached hydrogens (tertiary/aromatic N) is 1. The highest BCUT2D eigenvalue weighted by molar-refractivity contribution is 5.89. The lowest BCUT2D eigenvalue weighted by atomic mass is 9.84. The average molecular weight is 339 g/mol. The summed E-state index contributed by atoms with van der Waals surface area (Å²) in [5.41, 5.74) is 2.10. The number of piperidine rings is 1. The van der Waals surface area contributed by atoms with E-state index in [-0.39, 0.29) is 17.9 Å². The Morgan fingerprint density at radius 2 is 1.88 bits per heavy atom. The second kappa shape index (κ2) is 6.90. The number of para-hydroxylation sites is 1. The number of likely N-dealkylation sites (tertiary alicyclic amines) is 1. The Morgan fingerprint density at radius 3 is 2.60 bits per heavy atom. The van der Waals surface area contributed by atoms with Gasteiger partial charge in [0.25, 0.3) is 0 Å². The topological polar surface area (TPSA) is 65.2 Å². The van der Waals surface area contributed by atoms with E-state index in [1.807, 2.05) is 35.4 Å². The van der Waals surface area contributed by atoms with Crippen molar-refractivity contribution in [2.75, 3.05) is 13.1 Å². The maximum absolute atomic E-state index is 12.4. The third-order valence-corrected chi connectivity index (χ3v) is 5.65. The van der Waals surface area contributed by atoms with Crippen molar-refractivity contribution in [2.24, 2.45) is 5.92 Å². The fourth-order valence-electron chi connectivity index (χ4n) is 3.89. The van der Waals surface area contributed by atoms with Gasteiger partial charge in [-0.05, 0) is 37.3 Å². The average Bonchev–Trinajstić information content (AvgIpc) is 2.97. The number of H-pyrrole nitrogens is 1. The summed E-state index contributed by atoms with van der Waals surface area (Å²) in [6.07, 6.45) is 7.34. The third-order valence-electron chi connectivity index (χ3n) is 5.65. The van der Waals surface area contributed by atoms with Gasteiger partial charge >= 0.3 is 0 Å². The lowest BCUT2D eigenvalue weighted by Crippen LogP contribution is -2.49. The number of hydrogen-bond acceptors (Lipinski definition) is 2. The zero-order chi connectivity index (χ0) is 17.2. The van der Waals surface area contributed by atoms with Gasteiger partial charge in [0.15, 0.2) is 0 Å². The molecule has 0 radical (unpaired) electrons. The van der Waals surface area contributed by atoms with Gasteiger partial charge in [0.1, 0.15) is 0 Å². The molecule has 132 valence electrons. The van der Waals surface area contributed by atoms with Crippen LogP contribution in [0.3, 0.4) is 0 Å². The molecular formula is C20H25N3O2. The molecule has 0 unspecified atom stereocenters. The van der Waals surface area contributed by atoms with Crippen LogP contribution in [-0.4, -0.2) is 40.8 Å². The van der Waals surface area contributed by atoms with Crippen molar-refractivity contribution in [3.8, 4) is 0 Å². The third kappa shape index (κ3) is 3.41. The standard InChI is InChI=1S/C20H25N3O2/c24-19(12-15-13-21-18-7-2-1-6-17(15)18)22-16-8-10-23(11-9-16)20(25)14-4-3-5-14/h1-2,6-7,13-14,16,21H,3-5,8-12H2,(H,22,24). The van der Waals surface area contributed by atoms with Crippen molar-refractivity contribution in [3.05, 3.63) is 36.0 Å². The first kappa shape index (κ1) is 16.2. The lowest BCUT2D eigenvalue weighted by molar-refractivity contribution is -0.139. The maximum Gasteiger partial charge on any atom is 0.225 e. The second-order valence-corrected chi connectivity index (χ2v) is 7.33. The number of amides is 2. The molecule has 2 aromatic rings. The number of carbonyl (C=O) groups excluding carboxylic acids is 2. The van der Waals surface area contributed by atoms with Gasteiger partial charge < -0.3 is 15.2 Å². The van der Waals surface area contributed by atoms with Gasteiger partial charge in [-0.15, -0.1) is 0 Å². The van der Waals surface area contributed by atoms with E-state index in [4.69, 9.17) is 0 Å². The van der Waals surface area contributed by atoms with E-state index in [0.29, 0.717) is 12.3 Å². The summed E-state index contributed by atoms with van der Waals surface area (Å²) in [5, 5.41) is 4.26. The van der Waals surface area contributed by atoms with Crippen LogP contribution < -0.4 is 5.32 Å². The number of fused-ring (bicyclic) bond motifs is 1. The van der Waals surface area contributed by atoms with E-state index in [9.17, 15) is 9.59 Å². The summed E-state index contributed by atoms with van der Waals surface area (Å²) in [5.74, 6) is 0.663. The second-order valence-electron chi connectivity index (χ2n) is 7.33. The highest BCUT2D eigenvalue weighted by Gasteiger charge is 2.31. The van der Waals surface area contributed by atoms with Crippen LogP contribution >= 0.6 is 0 Å². The molecule has 5 heteroatoms.